The fourth-order valence-corrected chi connectivity index (χ4v) is 11.8. The lowest BCUT2D eigenvalue weighted by molar-refractivity contribution is 0.590. The molecule has 12 rings (SSSR count). The van der Waals surface area contributed by atoms with Crippen molar-refractivity contribution in [1.29, 1.82) is 0 Å². The molecule has 3 aliphatic rings. The zero-order chi connectivity index (χ0) is 46.5. The van der Waals surface area contributed by atoms with Gasteiger partial charge in [0.2, 0.25) is 0 Å². The Bertz CT molecular complexity index is 3500. The van der Waals surface area contributed by atoms with Crippen LogP contribution in [0.15, 0.2) is 162 Å². The third-order valence-electron chi connectivity index (χ3n) is 15.3. The summed E-state index contributed by atoms with van der Waals surface area (Å²) >= 11 is 0. The van der Waals surface area contributed by atoms with E-state index in [1.54, 1.807) is 0 Å². The number of hydrogen-bond donors (Lipinski definition) is 0. The Labute approximate surface area is 397 Å². The van der Waals surface area contributed by atoms with Crippen molar-refractivity contribution in [2.24, 2.45) is 0 Å². The van der Waals surface area contributed by atoms with Gasteiger partial charge in [-0.3, -0.25) is 0 Å². The number of anilines is 5. The highest BCUT2D eigenvalue weighted by molar-refractivity contribution is 6.94. The fourth-order valence-electron chi connectivity index (χ4n) is 11.8. The highest BCUT2D eigenvalue weighted by Gasteiger charge is 2.51. The van der Waals surface area contributed by atoms with E-state index in [9.17, 15) is 0 Å². The van der Waals surface area contributed by atoms with Crippen molar-refractivity contribution in [3.05, 3.63) is 186 Å². The number of furan rings is 1. The second-order valence-corrected chi connectivity index (χ2v) is 23.0. The number of para-hydroxylation sites is 1. The van der Waals surface area contributed by atoms with Crippen LogP contribution in [0.2, 0.25) is 0 Å². The van der Waals surface area contributed by atoms with Gasteiger partial charge in [-0.15, -0.1) is 0 Å². The van der Waals surface area contributed by atoms with Gasteiger partial charge in [0.05, 0.1) is 5.69 Å². The van der Waals surface area contributed by atoms with E-state index in [4.69, 9.17) is 4.42 Å². The van der Waals surface area contributed by atoms with Gasteiger partial charge in [0, 0.05) is 55.6 Å². The molecule has 0 fully saturated rings. The average Bonchev–Trinajstić information content (AvgIpc) is 3.79. The van der Waals surface area contributed by atoms with Crippen molar-refractivity contribution in [2.45, 2.75) is 97.8 Å². The largest absolute Gasteiger partial charge is 0.455 e. The Kier molecular flexibility index (Phi) is 8.78. The van der Waals surface area contributed by atoms with E-state index < -0.39 is 0 Å². The molecule has 3 nitrogen and oxygen atoms in total. The Hall–Kier alpha value is -6.78. The number of fused-ring (bicyclic) bond motifs is 12. The third kappa shape index (κ3) is 6.11. The first-order chi connectivity index (χ1) is 31.9. The Balaban J connectivity index is 1.29. The van der Waals surface area contributed by atoms with Crippen molar-refractivity contribution >= 4 is 68.1 Å². The van der Waals surface area contributed by atoms with Crippen molar-refractivity contribution in [1.82, 2.24) is 0 Å². The number of hydrogen-bond acceptors (Lipinski definition) is 3. The van der Waals surface area contributed by atoms with Gasteiger partial charge in [0.15, 0.2) is 0 Å². The van der Waals surface area contributed by atoms with Crippen LogP contribution in [0.3, 0.4) is 0 Å². The maximum atomic E-state index is 7.22. The van der Waals surface area contributed by atoms with E-state index in [1.807, 2.05) is 0 Å². The standard InChI is InChI=1S/C63H59BN2O/c1-60(2,3)39-25-29-42(30-26-39)66-51-33-28-41(62(7,8)9)36-48(51)55-57-53(37-47-44-22-16-18-24-54(44)67-59(47)55)65(50-32-27-40(61(4,5)6)35-46(50)38-19-13-12-14-20-38)52-34-31-45-43-21-15-17-23-49(43)63(10,11)56(45)58(52)64(57)66/h12-37H,1-11H3. The molecule has 3 heterocycles. The molecule has 8 aromatic carbocycles. The van der Waals surface area contributed by atoms with E-state index in [1.165, 1.54) is 94.9 Å². The second-order valence-electron chi connectivity index (χ2n) is 23.0. The molecule has 1 aromatic heterocycles. The fraction of sp³-hybridized carbons (Fsp3) is 0.238. The normalized spacial score (nSPS) is 14.8. The molecule has 0 atom stereocenters. The molecule has 0 bridgehead atoms. The molecule has 0 spiro atoms. The maximum absolute atomic E-state index is 7.22. The summed E-state index contributed by atoms with van der Waals surface area (Å²) in [5.74, 6) is 0. The Morgan fingerprint density at radius 1 is 0.463 bits per heavy atom. The summed E-state index contributed by atoms with van der Waals surface area (Å²) < 4.78 is 7.22. The zero-order valence-electron chi connectivity index (χ0n) is 40.9. The van der Waals surface area contributed by atoms with E-state index >= 15 is 0 Å². The van der Waals surface area contributed by atoms with Crippen LogP contribution in [0.1, 0.15) is 104 Å². The molecule has 0 amide bonds. The van der Waals surface area contributed by atoms with Gasteiger partial charge in [0.1, 0.15) is 11.2 Å². The van der Waals surface area contributed by atoms with Crippen LogP contribution < -0.4 is 20.6 Å². The number of benzene rings is 8. The number of nitrogens with zero attached hydrogens (tertiary/aromatic N) is 2. The first-order valence-corrected chi connectivity index (χ1v) is 24.2. The summed E-state index contributed by atoms with van der Waals surface area (Å²) in [4.78, 5) is 5.32. The molecule has 0 radical (unpaired) electrons. The monoisotopic (exact) mass is 870 g/mol. The predicted octanol–water partition coefficient (Wildman–Crippen LogP) is 16.2. The van der Waals surface area contributed by atoms with Crippen molar-refractivity contribution in [3.8, 4) is 33.4 Å². The first kappa shape index (κ1) is 41.6. The zero-order valence-corrected chi connectivity index (χ0v) is 40.9. The summed E-state index contributed by atoms with van der Waals surface area (Å²) in [5.41, 5.74) is 24.1. The van der Waals surface area contributed by atoms with Gasteiger partial charge in [-0.05, 0) is 126 Å². The lowest BCUT2D eigenvalue weighted by Crippen LogP contribution is -2.63. The van der Waals surface area contributed by atoms with Gasteiger partial charge in [-0.2, -0.15) is 0 Å². The SMILES string of the molecule is CC(C)(C)c1ccc(N2B3c4c(ccc5c4C(C)(C)c4ccccc4-5)N(c4ccc(C(C)(C)C)cc4-c4ccccc4)c4cc5c(oc6ccccc65)c(c43)-c3cc(C(C)(C)C)ccc32)cc1. The Morgan fingerprint density at radius 3 is 1.76 bits per heavy atom. The van der Waals surface area contributed by atoms with Crippen LogP contribution in [0, 0.1) is 0 Å². The smallest absolute Gasteiger partial charge is 0.333 e. The number of rotatable bonds is 3. The van der Waals surface area contributed by atoms with E-state index in [0.29, 0.717) is 0 Å². The molecule has 0 saturated carbocycles. The summed E-state index contributed by atoms with van der Waals surface area (Å²) in [6.45, 7) is 25.6. The summed E-state index contributed by atoms with van der Waals surface area (Å²) in [6.07, 6.45) is 0. The minimum absolute atomic E-state index is 0.0141. The van der Waals surface area contributed by atoms with Crippen molar-refractivity contribution in [3.63, 3.8) is 0 Å². The molecule has 0 N–H and O–H groups in total. The van der Waals surface area contributed by atoms with Crippen molar-refractivity contribution in [2.75, 3.05) is 9.71 Å². The summed E-state index contributed by atoms with van der Waals surface area (Å²) in [5, 5.41) is 2.26. The lowest BCUT2D eigenvalue weighted by Gasteiger charge is -2.47. The highest BCUT2D eigenvalue weighted by atomic mass is 16.3. The van der Waals surface area contributed by atoms with Crippen LogP contribution in [0.25, 0.3) is 55.3 Å². The van der Waals surface area contributed by atoms with Gasteiger partial charge >= 0.3 is 6.85 Å². The lowest BCUT2D eigenvalue weighted by atomic mass is 9.41. The Morgan fingerprint density at radius 2 is 1.06 bits per heavy atom. The van der Waals surface area contributed by atoms with Crippen molar-refractivity contribution < 1.29 is 4.42 Å². The molecular formula is C63H59BN2O. The van der Waals surface area contributed by atoms with Gasteiger partial charge < -0.3 is 14.1 Å². The molecule has 0 saturated heterocycles. The molecule has 2 aliphatic heterocycles. The molecule has 4 heteroatoms. The average molecular weight is 871 g/mol. The molecular weight excluding hydrogens is 812 g/mol. The highest BCUT2D eigenvalue weighted by Crippen LogP contribution is 2.56. The van der Waals surface area contributed by atoms with E-state index in [0.717, 1.165) is 27.6 Å². The van der Waals surface area contributed by atoms with Crippen LogP contribution in [0.4, 0.5) is 28.4 Å². The molecule has 67 heavy (non-hydrogen) atoms. The van der Waals surface area contributed by atoms with Crippen LogP contribution in [0.5, 0.6) is 0 Å². The predicted molar refractivity (Wildman–Crippen MR) is 287 cm³/mol. The molecule has 9 aromatic rings. The van der Waals surface area contributed by atoms with Crippen LogP contribution in [-0.2, 0) is 21.7 Å². The van der Waals surface area contributed by atoms with E-state index in [-0.39, 0.29) is 28.5 Å². The maximum Gasteiger partial charge on any atom is 0.333 e. The minimum atomic E-state index is -0.291. The molecule has 0 unspecified atom stereocenters. The minimum Gasteiger partial charge on any atom is -0.455 e. The van der Waals surface area contributed by atoms with E-state index in [2.05, 4.69) is 244 Å². The quantitative estimate of drug-likeness (QED) is 0.165. The van der Waals surface area contributed by atoms with Gasteiger partial charge in [-0.25, -0.2) is 0 Å². The molecule has 330 valence electrons. The summed E-state index contributed by atoms with van der Waals surface area (Å²) in [7, 11) is 0. The van der Waals surface area contributed by atoms with Crippen LogP contribution in [-0.4, -0.2) is 6.85 Å². The van der Waals surface area contributed by atoms with Gasteiger partial charge in [0.25, 0.3) is 0 Å². The van der Waals surface area contributed by atoms with Crippen LogP contribution >= 0.6 is 0 Å². The summed E-state index contributed by atoms with van der Waals surface area (Å²) in [6, 6.07) is 60.0. The molecule has 1 aliphatic carbocycles. The topological polar surface area (TPSA) is 19.6 Å². The van der Waals surface area contributed by atoms with Gasteiger partial charge in [-0.1, -0.05) is 179 Å². The first-order valence-electron chi connectivity index (χ1n) is 24.2. The third-order valence-corrected chi connectivity index (χ3v) is 15.3. The second kappa shape index (κ2) is 14.1.